The number of rotatable bonds is 9. The first-order valence-electron chi connectivity index (χ1n) is 23.6. The highest BCUT2D eigenvalue weighted by Gasteiger charge is 2.19. The quantitative estimate of drug-likeness (QED) is 0.140. The maximum Gasteiger partial charge on any atom is 0.0547 e. The van der Waals surface area contributed by atoms with Crippen LogP contribution in [0.15, 0.2) is 267 Å². The molecular weight excluding hydrogens is 853 g/mol. The van der Waals surface area contributed by atoms with Gasteiger partial charge in [0.1, 0.15) is 0 Å². The van der Waals surface area contributed by atoms with E-state index in [4.69, 9.17) is 0 Å². The number of fused-ring (bicyclic) bond motifs is 6. The fraction of sp³-hybridized carbons (Fsp3) is 0. The molecule has 0 fully saturated rings. The minimum absolute atomic E-state index is 1.09. The van der Waals surface area contributed by atoms with Crippen LogP contribution in [0, 0.1) is 0 Å². The van der Waals surface area contributed by atoms with E-state index in [1.807, 2.05) is 11.3 Å². The van der Waals surface area contributed by atoms with E-state index >= 15 is 0 Å². The molecule has 0 spiro atoms. The predicted molar refractivity (Wildman–Crippen MR) is 296 cm³/mol. The lowest BCUT2D eigenvalue weighted by molar-refractivity contribution is 1.18. The van der Waals surface area contributed by atoms with Crippen molar-refractivity contribution in [1.29, 1.82) is 0 Å². The van der Waals surface area contributed by atoms with E-state index in [0.29, 0.717) is 0 Å². The van der Waals surface area contributed by atoms with E-state index in [1.54, 1.807) is 0 Å². The molecule has 2 nitrogen and oxygen atoms in total. The third-order valence-corrected chi connectivity index (χ3v) is 14.7. The molecule has 2 heterocycles. The summed E-state index contributed by atoms with van der Waals surface area (Å²) in [5.74, 6) is 0. The summed E-state index contributed by atoms with van der Waals surface area (Å²) >= 11 is 1.86. The summed E-state index contributed by atoms with van der Waals surface area (Å²) in [6, 6.07) is 97.4. The van der Waals surface area contributed by atoms with E-state index < -0.39 is 0 Å². The Kier molecular flexibility index (Phi) is 10.1. The van der Waals surface area contributed by atoms with E-state index in [-0.39, 0.29) is 0 Å². The molecule has 0 aliphatic carbocycles. The average molecular weight is 897 g/mol. The van der Waals surface area contributed by atoms with Crippen molar-refractivity contribution in [1.82, 2.24) is 4.57 Å². The molecule has 0 atom stereocenters. The lowest BCUT2D eigenvalue weighted by atomic mass is 9.91. The molecule has 3 heteroatoms. The molecule has 0 bridgehead atoms. The fourth-order valence-corrected chi connectivity index (χ4v) is 11.3. The molecule has 0 saturated heterocycles. The van der Waals surface area contributed by atoms with Gasteiger partial charge in [-0.2, -0.15) is 0 Å². The topological polar surface area (TPSA) is 8.17 Å². The van der Waals surface area contributed by atoms with E-state index in [9.17, 15) is 0 Å². The van der Waals surface area contributed by atoms with Gasteiger partial charge in [-0.25, -0.2) is 0 Å². The van der Waals surface area contributed by atoms with Crippen molar-refractivity contribution < 1.29 is 0 Å². The highest BCUT2D eigenvalue weighted by molar-refractivity contribution is 7.25. The van der Waals surface area contributed by atoms with E-state index in [2.05, 4.69) is 276 Å². The number of benzene rings is 11. The number of nitrogens with zero attached hydrogens (tertiary/aromatic N) is 2. The van der Waals surface area contributed by atoms with Gasteiger partial charge < -0.3 is 9.47 Å². The van der Waals surface area contributed by atoms with Gasteiger partial charge in [-0.15, -0.1) is 11.3 Å². The monoisotopic (exact) mass is 896 g/mol. The van der Waals surface area contributed by atoms with Crippen LogP contribution < -0.4 is 4.90 Å². The molecule has 0 N–H and O–H groups in total. The molecule has 0 unspecified atom stereocenters. The Balaban J connectivity index is 0.961. The smallest absolute Gasteiger partial charge is 0.0547 e. The Morgan fingerprint density at radius 3 is 1.35 bits per heavy atom. The summed E-state index contributed by atoms with van der Waals surface area (Å²) in [5, 5.41) is 5.09. The highest BCUT2D eigenvalue weighted by Crippen LogP contribution is 2.44. The molecule has 69 heavy (non-hydrogen) atoms. The maximum atomic E-state index is 2.41. The van der Waals surface area contributed by atoms with Gasteiger partial charge in [0.15, 0.2) is 0 Å². The van der Waals surface area contributed by atoms with Gasteiger partial charge in [-0.05, 0) is 153 Å². The van der Waals surface area contributed by atoms with Crippen molar-refractivity contribution in [2.75, 3.05) is 4.90 Å². The van der Waals surface area contributed by atoms with Gasteiger partial charge in [0.25, 0.3) is 0 Å². The average Bonchev–Trinajstić information content (AvgIpc) is 3.98. The number of hydrogen-bond donors (Lipinski definition) is 0. The zero-order chi connectivity index (χ0) is 45.7. The summed E-state index contributed by atoms with van der Waals surface area (Å²) in [7, 11) is 0. The lowest BCUT2D eigenvalue weighted by Crippen LogP contribution is -2.09. The Labute approximate surface area is 405 Å². The number of aromatic nitrogens is 1. The van der Waals surface area contributed by atoms with Gasteiger partial charge in [0, 0.05) is 53.7 Å². The molecular formula is C66H44N2S. The van der Waals surface area contributed by atoms with Crippen molar-refractivity contribution in [3.63, 3.8) is 0 Å². The largest absolute Gasteiger partial charge is 0.311 e. The van der Waals surface area contributed by atoms with Crippen molar-refractivity contribution in [3.05, 3.63) is 267 Å². The summed E-state index contributed by atoms with van der Waals surface area (Å²) in [4.78, 5) is 2.36. The Morgan fingerprint density at radius 2 is 0.725 bits per heavy atom. The lowest BCUT2D eigenvalue weighted by Gasteiger charge is -2.26. The highest BCUT2D eigenvalue weighted by atomic mass is 32.1. The number of hydrogen-bond acceptors (Lipinski definition) is 2. The van der Waals surface area contributed by atoms with Crippen LogP contribution in [0.4, 0.5) is 17.1 Å². The number of para-hydroxylation sites is 2. The fourth-order valence-electron chi connectivity index (χ4n) is 10.3. The first-order valence-corrected chi connectivity index (χ1v) is 24.4. The SMILES string of the molecule is c1ccc(-c2ccc(N(c3ccc(-c4ccccc4)cc3)c3ccc(-c4cc(-c5ccc6sc7ccccc7c6c5)cc(-c5cccc6c5c5ccccc5n6-c5ccccc5)c4)cc3)cc2)cc1. The Morgan fingerprint density at radius 1 is 0.275 bits per heavy atom. The second-order valence-electron chi connectivity index (χ2n) is 17.7. The zero-order valence-corrected chi connectivity index (χ0v) is 38.5. The second kappa shape index (κ2) is 17.2. The number of thiophene rings is 1. The number of anilines is 3. The van der Waals surface area contributed by atoms with Crippen molar-refractivity contribution >= 4 is 70.4 Å². The van der Waals surface area contributed by atoms with Crippen LogP contribution in [-0.2, 0) is 0 Å². The van der Waals surface area contributed by atoms with Gasteiger partial charge in [0.2, 0.25) is 0 Å². The molecule has 2 aromatic heterocycles. The molecule has 0 amide bonds. The second-order valence-corrected chi connectivity index (χ2v) is 18.8. The van der Waals surface area contributed by atoms with Crippen LogP contribution in [0.25, 0.3) is 103 Å². The molecule has 0 aliphatic rings. The van der Waals surface area contributed by atoms with Crippen LogP contribution in [0.3, 0.4) is 0 Å². The van der Waals surface area contributed by atoms with Crippen molar-refractivity contribution in [3.8, 4) is 61.3 Å². The van der Waals surface area contributed by atoms with Crippen molar-refractivity contribution in [2.24, 2.45) is 0 Å². The summed E-state index contributed by atoms with van der Waals surface area (Å²) in [6.07, 6.45) is 0. The summed E-state index contributed by atoms with van der Waals surface area (Å²) in [6.45, 7) is 0. The van der Waals surface area contributed by atoms with Crippen LogP contribution in [-0.4, -0.2) is 4.57 Å². The summed E-state index contributed by atoms with van der Waals surface area (Å²) in [5.41, 5.74) is 18.7. The standard InChI is InChI=1S/C66H44N2S/c1-4-15-45(16-5-1)47-27-34-55(35-28-47)67(56-36-29-48(30-37-56)46-17-6-2-7-18-46)57-38-31-49(32-39-57)51-41-52(50-33-40-65-61(44-50)59-21-11-13-26-64(59)69-65)43-53(42-51)58-23-14-25-63-66(58)60-22-10-12-24-62(60)68(63)54-19-8-3-9-20-54/h1-44H. The van der Waals surface area contributed by atoms with Crippen molar-refractivity contribution in [2.45, 2.75) is 0 Å². The molecule has 11 aromatic carbocycles. The van der Waals surface area contributed by atoms with Gasteiger partial charge in [-0.3, -0.25) is 0 Å². The summed E-state index contributed by atoms with van der Waals surface area (Å²) < 4.78 is 5.03. The Hall–Kier alpha value is -8.76. The first-order chi connectivity index (χ1) is 34.2. The van der Waals surface area contributed by atoms with Gasteiger partial charge in [-0.1, -0.05) is 170 Å². The van der Waals surface area contributed by atoms with Gasteiger partial charge >= 0.3 is 0 Å². The molecule has 0 radical (unpaired) electrons. The zero-order valence-electron chi connectivity index (χ0n) is 37.7. The van der Waals surface area contributed by atoms with Crippen LogP contribution >= 0.6 is 11.3 Å². The Bertz CT molecular complexity index is 3880. The van der Waals surface area contributed by atoms with E-state index in [0.717, 1.165) is 28.3 Å². The third-order valence-electron chi connectivity index (χ3n) is 13.6. The molecule has 0 aliphatic heterocycles. The molecule has 324 valence electrons. The van der Waals surface area contributed by atoms with Crippen LogP contribution in [0.2, 0.25) is 0 Å². The third kappa shape index (κ3) is 7.37. The molecule has 13 rings (SSSR count). The predicted octanol–water partition coefficient (Wildman–Crippen LogP) is 19.0. The minimum atomic E-state index is 1.09. The van der Waals surface area contributed by atoms with E-state index in [1.165, 1.54) is 92.0 Å². The molecule has 0 saturated carbocycles. The van der Waals surface area contributed by atoms with Crippen LogP contribution in [0.1, 0.15) is 0 Å². The minimum Gasteiger partial charge on any atom is -0.311 e. The normalized spacial score (nSPS) is 11.5. The first kappa shape index (κ1) is 40.5. The van der Waals surface area contributed by atoms with Gasteiger partial charge in [0.05, 0.1) is 11.0 Å². The maximum absolute atomic E-state index is 2.41. The molecule has 13 aromatic rings. The van der Waals surface area contributed by atoms with Crippen LogP contribution in [0.5, 0.6) is 0 Å².